The van der Waals surface area contributed by atoms with Gasteiger partial charge in [-0.05, 0) is 60.4 Å². The molecule has 0 bridgehead atoms. The third kappa shape index (κ3) is 4.65. The van der Waals surface area contributed by atoms with Crippen LogP contribution in [0.25, 0.3) is 5.76 Å². The quantitative estimate of drug-likeness (QED) is 0.265. The van der Waals surface area contributed by atoms with Crippen molar-refractivity contribution >= 4 is 23.1 Å². The van der Waals surface area contributed by atoms with Crippen LogP contribution in [-0.4, -0.2) is 36.6 Å². The second-order valence-corrected chi connectivity index (χ2v) is 8.97. The summed E-state index contributed by atoms with van der Waals surface area (Å²) >= 11 is 0. The van der Waals surface area contributed by atoms with E-state index in [2.05, 4.69) is 6.92 Å². The van der Waals surface area contributed by atoms with E-state index >= 15 is 0 Å². The zero-order valence-corrected chi connectivity index (χ0v) is 20.9. The molecule has 2 heterocycles. The summed E-state index contributed by atoms with van der Waals surface area (Å²) in [7, 11) is 0. The minimum atomic E-state index is -0.815. The summed E-state index contributed by atoms with van der Waals surface area (Å²) in [5, 5.41) is 11.4. The van der Waals surface area contributed by atoms with Crippen LogP contribution in [0.4, 0.5) is 5.69 Å². The molecular formula is C30H29NO6. The van der Waals surface area contributed by atoms with E-state index in [1.807, 2.05) is 31.2 Å². The normalized spacial score (nSPS) is 18.2. The van der Waals surface area contributed by atoms with Gasteiger partial charge < -0.3 is 19.3 Å². The smallest absolute Gasteiger partial charge is 0.300 e. The van der Waals surface area contributed by atoms with Crippen molar-refractivity contribution in [3.05, 3.63) is 89.0 Å². The molecule has 7 heteroatoms. The van der Waals surface area contributed by atoms with Gasteiger partial charge in [0.2, 0.25) is 0 Å². The first kappa shape index (κ1) is 24.4. The van der Waals surface area contributed by atoms with Gasteiger partial charge in [0.15, 0.2) is 11.5 Å². The fourth-order valence-electron chi connectivity index (χ4n) is 4.62. The molecule has 3 aromatic carbocycles. The van der Waals surface area contributed by atoms with E-state index in [-0.39, 0.29) is 11.3 Å². The van der Waals surface area contributed by atoms with E-state index in [9.17, 15) is 14.7 Å². The number of fused-ring (bicyclic) bond motifs is 1. The molecule has 0 saturated carbocycles. The number of carbonyl (C=O) groups is 2. The molecule has 1 unspecified atom stereocenters. The average molecular weight is 500 g/mol. The Bertz CT molecular complexity index is 1340. The molecule has 1 atom stereocenters. The van der Waals surface area contributed by atoms with Crippen LogP contribution in [0, 0.1) is 0 Å². The molecule has 7 nitrogen and oxygen atoms in total. The third-order valence-electron chi connectivity index (χ3n) is 6.55. The Morgan fingerprint density at radius 1 is 0.946 bits per heavy atom. The first-order valence-electron chi connectivity index (χ1n) is 12.5. The first-order chi connectivity index (χ1) is 18.0. The number of carbonyl (C=O) groups excluding carboxylic acids is 2. The SMILES string of the molecule is CCCOc1ccc(/C(O)=C2\C(=O)C(=O)N(c3ccc4c(c3)OCCO4)C2c2ccc(CC)cc2)cc1. The molecule has 190 valence electrons. The molecule has 2 aliphatic rings. The summed E-state index contributed by atoms with van der Waals surface area (Å²) in [6.45, 7) is 5.51. The lowest BCUT2D eigenvalue weighted by molar-refractivity contribution is -0.132. The predicted molar refractivity (Wildman–Crippen MR) is 140 cm³/mol. The van der Waals surface area contributed by atoms with Gasteiger partial charge >= 0.3 is 0 Å². The molecule has 1 fully saturated rings. The van der Waals surface area contributed by atoms with Crippen LogP contribution >= 0.6 is 0 Å². The van der Waals surface area contributed by atoms with Crippen molar-refractivity contribution in [3.63, 3.8) is 0 Å². The maximum atomic E-state index is 13.4. The second kappa shape index (κ2) is 10.4. The van der Waals surface area contributed by atoms with Crippen molar-refractivity contribution in [1.82, 2.24) is 0 Å². The number of amides is 1. The Morgan fingerprint density at radius 2 is 1.65 bits per heavy atom. The molecule has 0 spiro atoms. The van der Waals surface area contributed by atoms with Gasteiger partial charge in [0.05, 0.1) is 18.2 Å². The van der Waals surface area contributed by atoms with Gasteiger partial charge in [-0.1, -0.05) is 38.1 Å². The Kier molecular flexibility index (Phi) is 6.86. The molecule has 0 aromatic heterocycles. The van der Waals surface area contributed by atoms with Crippen LogP contribution in [0.5, 0.6) is 17.2 Å². The molecule has 2 aliphatic heterocycles. The lowest BCUT2D eigenvalue weighted by Crippen LogP contribution is -2.29. The Labute approximate surface area is 215 Å². The molecule has 1 amide bonds. The van der Waals surface area contributed by atoms with Crippen molar-refractivity contribution in [1.29, 1.82) is 0 Å². The number of ether oxygens (including phenoxy) is 3. The first-order valence-corrected chi connectivity index (χ1v) is 12.5. The van der Waals surface area contributed by atoms with Gasteiger partial charge in [0.1, 0.15) is 24.7 Å². The molecule has 0 radical (unpaired) electrons. The van der Waals surface area contributed by atoms with Crippen molar-refractivity contribution in [2.75, 3.05) is 24.7 Å². The number of aliphatic hydroxyl groups excluding tert-OH is 1. The van der Waals surface area contributed by atoms with Crippen LogP contribution < -0.4 is 19.1 Å². The van der Waals surface area contributed by atoms with Crippen molar-refractivity contribution in [2.24, 2.45) is 0 Å². The number of rotatable bonds is 7. The molecule has 3 aromatic rings. The zero-order chi connectivity index (χ0) is 25.9. The standard InChI is InChI=1S/C30H29NO6/c1-3-15-35-23-12-9-21(10-13-23)28(32)26-27(20-7-5-19(4-2)6-8-20)31(30(34)29(26)33)22-11-14-24-25(18-22)37-17-16-36-24/h5-14,18,27,32H,3-4,15-17H2,1-2H3/b28-26+. The van der Waals surface area contributed by atoms with Crippen LogP contribution in [0.1, 0.15) is 43.0 Å². The topological polar surface area (TPSA) is 85.3 Å². The van der Waals surface area contributed by atoms with Gasteiger partial charge in [-0.25, -0.2) is 0 Å². The Balaban J connectivity index is 1.62. The number of hydrogen-bond donors (Lipinski definition) is 1. The fraction of sp³-hybridized carbons (Fsp3) is 0.267. The largest absolute Gasteiger partial charge is 0.507 e. The van der Waals surface area contributed by atoms with E-state index in [0.29, 0.717) is 48.3 Å². The number of nitrogens with zero attached hydrogens (tertiary/aromatic N) is 1. The van der Waals surface area contributed by atoms with Gasteiger partial charge in [-0.15, -0.1) is 0 Å². The van der Waals surface area contributed by atoms with Crippen molar-refractivity contribution < 1.29 is 28.9 Å². The summed E-state index contributed by atoms with van der Waals surface area (Å²) in [6.07, 6.45) is 1.73. The zero-order valence-electron chi connectivity index (χ0n) is 20.9. The van der Waals surface area contributed by atoms with E-state index in [1.54, 1.807) is 42.5 Å². The molecule has 37 heavy (non-hydrogen) atoms. The maximum Gasteiger partial charge on any atom is 0.300 e. The number of benzene rings is 3. The summed E-state index contributed by atoms with van der Waals surface area (Å²) in [6, 6.07) is 18.9. The highest BCUT2D eigenvalue weighted by Crippen LogP contribution is 2.44. The van der Waals surface area contributed by atoms with Gasteiger partial charge in [-0.3, -0.25) is 14.5 Å². The molecule has 5 rings (SSSR count). The summed E-state index contributed by atoms with van der Waals surface area (Å²) in [5.74, 6) is 0.0648. The number of anilines is 1. The fourth-order valence-corrected chi connectivity index (χ4v) is 4.62. The van der Waals surface area contributed by atoms with Crippen LogP contribution in [0.2, 0.25) is 0 Å². The Hall–Kier alpha value is -4.26. The van der Waals surface area contributed by atoms with Crippen molar-refractivity contribution in [2.45, 2.75) is 32.7 Å². The van der Waals surface area contributed by atoms with Gasteiger partial charge in [0, 0.05) is 17.3 Å². The number of Topliss-reactive ketones (excluding diaryl/α,β-unsaturated/α-hetero) is 1. The molecule has 1 N–H and O–H groups in total. The highest BCUT2D eigenvalue weighted by molar-refractivity contribution is 6.51. The van der Waals surface area contributed by atoms with Gasteiger partial charge in [-0.2, -0.15) is 0 Å². The van der Waals surface area contributed by atoms with E-state index < -0.39 is 17.7 Å². The lowest BCUT2D eigenvalue weighted by atomic mass is 9.94. The second-order valence-electron chi connectivity index (χ2n) is 8.97. The number of ketones is 1. The average Bonchev–Trinajstić information content (AvgIpc) is 3.21. The van der Waals surface area contributed by atoms with Crippen LogP contribution in [0.15, 0.2) is 72.3 Å². The number of aliphatic hydroxyl groups is 1. The highest BCUT2D eigenvalue weighted by atomic mass is 16.6. The van der Waals surface area contributed by atoms with E-state index in [0.717, 1.165) is 24.0 Å². The van der Waals surface area contributed by atoms with E-state index in [4.69, 9.17) is 14.2 Å². The summed E-state index contributed by atoms with van der Waals surface area (Å²) in [4.78, 5) is 28.3. The van der Waals surface area contributed by atoms with Crippen LogP contribution in [0.3, 0.4) is 0 Å². The lowest BCUT2D eigenvalue weighted by Gasteiger charge is -2.27. The third-order valence-corrected chi connectivity index (χ3v) is 6.55. The summed E-state index contributed by atoms with van der Waals surface area (Å²) < 4.78 is 17.0. The number of hydrogen-bond acceptors (Lipinski definition) is 6. The van der Waals surface area contributed by atoms with E-state index in [1.165, 1.54) is 4.90 Å². The van der Waals surface area contributed by atoms with Gasteiger partial charge in [0.25, 0.3) is 11.7 Å². The van der Waals surface area contributed by atoms with Crippen LogP contribution in [-0.2, 0) is 16.0 Å². The Morgan fingerprint density at radius 3 is 2.32 bits per heavy atom. The predicted octanol–water partition coefficient (Wildman–Crippen LogP) is 5.44. The monoisotopic (exact) mass is 499 g/mol. The highest BCUT2D eigenvalue weighted by Gasteiger charge is 2.47. The minimum Gasteiger partial charge on any atom is -0.507 e. The maximum absolute atomic E-state index is 13.4. The molecule has 1 saturated heterocycles. The molecular weight excluding hydrogens is 470 g/mol. The molecule has 0 aliphatic carbocycles. The summed E-state index contributed by atoms with van der Waals surface area (Å²) in [5.41, 5.74) is 2.79. The number of aryl methyl sites for hydroxylation is 1. The van der Waals surface area contributed by atoms with Crippen molar-refractivity contribution in [3.8, 4) is 17.2 Å². The minimum absolute atomic E-state index is 0.0337.